The van der Waals surface area contributed by atoms with Gasteiger partial charge in [-0.15, -0.1) is 0 Å². The van der Waals surface area contributed by atoms with Crippen LogP contribution in [0.5, 0.6) is 0 Å². The molecule has 3 rings (SSSR count). The van der Waals surface area contributed by atoms with E-state index in [0.717, 1.165) is 24.1 Å². The molecule has 1 saturated carbocycles. The second-order valence-electron chi connectivity index (χ2n) is 6.91. The quantitative estimate of drug-likeness (QED) is 0.778. The SMILES string of the molecule is Cc1ccc(NC(=O)C[C@H]2[NH2+][C@H]3CCCC[C@@H]3NC2=O)cc1C. The predicted octanol–water partition coefficient (Wildman–Crippen LogP) is 1.01. The first-order valence-corrected chi connectivity index (χ1v) is 8.55. The second kappa shape index (κ2) is 6.71. The third-order valence-corrected chi connectivity index (χ3v) is 5.16. The lowest BCUT2D eigenvalue weighted by molar-refractivity contribution is -0.718. The van der Waals surface area contributed by atoms with Gasteiger partial charge in [-0.05, 0) is 49.9 Å². The monoisotopic (exact) mass is 316 g/mol. The lowest BCUT2D eigenvalue weighted by Gasteiger charge is -2.37. The summed E-state index contributed by atoms with van der Waals surface area (Å²) in [6.45, 7) is 4.07. The van der Waals surface area contributed by atoms with Gasteiger partial charge in [0.2, 0.25) is 5.91 Å². The number of hydrogen-bond donors (Lipinski definition) is 3. The zero-order chi connectivity index (χ0) is 16.4. The van der Waals surface area contributed by atoms with Crippen molar-refractivity contribution in [1.82, 2.24) is 5.32 Å². The smallest absolute Gasteiger partial charge is 0.279 e. The van der Waals surface area contributed by atoms with E-state index < -0.39 is 0 Å². The van der Waals surface area contributed by atoms with Crippen LogP contribution in [0.15, 0.2) is 18.2 Å². The zero-order valence-electron chi connectivity index (χ0n) is 13.9. The summed E-state index contributed by atoms with van der Waals surface area (Å²) in [5.41, 5.74) is 3.14. The molecule has 2 fully saturated rings. The number of carbonyl (C=O) groups is 2. The first kappa shape index (κ1) is 16.0. The van der Waals surface area contributed by atoms with E-state index in [2.05, 4.69) is 16.0 Å². The standard InChI is InChI=1S/C18H25N3O2/c1-11-7-8-13(9-12(11)2)19-17(22)10-16-18(23)21-15-6-4-3-5-14(15)20-16/h7-9,14-16,20H,3-6,10H2,1-2H3,(H,19,22)(H,21,23)/p+1/t14-,15-,16+/m0/s1. The van der Waals surface area contributed by atoms with Gasteiger partial charge in [-0.2, -0.15) is 0 Å². The van der Waals surface area contributed by atoms with Gasteiger partial charge in [0.15, 0.2) is 6.04 Å². The summed E-state index contributed by atoms with van der Waals surface area (Å²) >= 11 is 0. The number of benzene rings is 1. The Hall–Kier alpha value is -1.88. The van der Waals surface area contributed by atoms with Crippen LogP contribution in [0.2, 0.25) is 0 Å². The fourth-order valence-corrected chi connectivity index (χ4v) is 3.64. The van der Waals surface area contributed by atoms with Crippen molar-refractivity contribution < 1.29 is 14.9 Å². The highest BCUT2D eigenvalue weighted by Crippen LogP contribution is 2.19. The molecule has 0 unspecified atom stereocenters. The van der Waals surface area contributed by atoms with E-state index >= 15 is 0 Å². The molecule has 1 aromatic rings. The van der Waals surface area contributed by atoms with Crippen molar-refractivity contribution in [2.24, 2.45) is 0 Å². The molecule has 1 aliphatic heterocycles. The maximum absolute atomic E-state index is 12.3. The average Bonchev–Trinajstić information content (AvgIpc) is 2.51. The molecule has 3 atom stereocenters. The number of nitrogens with two attached hydrogens (primary N) is 1. The predicted molar refractivity (Wildman–Crippen MR) is 89.1 cm³/mol. The second-order valence-corrected chi connectivity index (χ2v) is 6.91. The van der Waals surface area contributed by atoms with Crippen LogP contribution in [0.1, 0.15) is 43.2 Å². The molecule has 1 aliphatic carbocycles. The van der Waals surface area contributed by atoms with E-state index in [0.29, 0.717) is 6.04 Å². The minimum absolute atomic E-state index is 0.00314. The third kappa shape index (κ3) is 3.72. The molecule has 124 valence electrons. The third-order valence-electron chi connectivity index (χ3n) is 5.16. The molecule has 1 aromatic carbocycles. The summed E-state index contributed by atoms with van der Waals surface area (Å²) in [6.07, 6.45) is 4.82. The molecule has 0 aromatic heterocycles. The van der Waals surface area contributed by atoms with Crippen LogP contribution in [-0.4, -0.2) is 29.9 Å². The molecule has 4 N–H and O–H groups in total. The Balaban J connectivity index is 1.58. The number of aryl methyl sites for hydroxylation is 2. The van der Waals surface area contributed by atoms with Crippen LogP contribution in [0.3, 0.4) is 0 Å². The fourth-order valence-electron chi connectivity index (χ4n) is 3.64. The minimum Gasteiger partial charge on any atom is -0.342 e. The Morgan fingerprint density at radius 2 is 2.04 bits per heavy atom. The van der Waals surface area contributed by atoms with Crippen LogP contribution < -0.4 is 16.0 Å². The summed E-state index contributed by atoms with van der Waals surface area (Å²) in [7, 11) is 0. The molecule has 2 aliphatic rings. The molecule has 2 amide bonds. The number of hydrogen-bond acceptors (Lipinski definition) is 2. The normalized spacial score (nSPS) is 27.0. The fraction of sp³-hybridized carbons (Fsp3) is 0.556. The molecule has 1 heterocycles. The van der Waals surface area contributed by atoms with E-state index in [9.17, 15) is 9.59 Å². The van der Waals surface area contributed by atoms with Crippen LogP contribution in [0, 0.1) is 13.8 Å². The number of amides is 2. The van der Waals surface area contributed by atoms with Gasteiger partial charge in [0.05, 0.1) is 12.5 Å². The molecule has 5 nitrogen and oxygen atoms in total. The largest absolute Gasteiger partial charge is 0.342 e. The molecule has 5 heteroatoms. The number of anilines is 1. The van der Waals surface area contributed by atoms with Gasteiger partial charge in [-0.25, -0.2) is 0 Å². The highest BCUT2D eigenvalue weighted by Gasteiger charge is 2.40. The van der Waals surface area contributed by atoms with Crippen LogP contribution in [0.4, 0.5) is 5.69 Å². The summed E-state index contributed by atoms with van der Waals surface area (Å²) in [4.78, 5) is 24.5. The van der Waals surface area contributed by atoms with Crippen LogP contribution in [-0.2, 0) is 9.59 Å². The molecule has 0 spiro atoms. The Morgan fingerprint density at radius 1 is 1.26 bits per heavy atom. The van der Waals surface area contributed by atoms with Gasteiger partial charge in [0.25, 0.3) is 5.91 Å². The van der Waals surface area contributed by atoms with Gasteiger partial charge in [-0.1, -0.05) is 12.5 Å². The Bertz CT molecular complexity index is 614. The van der Waals surface area contributed by atoms with Crippen molar-refractivity contribution in [3.8, 4) is 0 Å². The van der Waals surface area contributed by atoms with E-state index in [1.807, 2.05) is 32.0 Å². The minimum atomic E-state index is -0.305. The number of fused-ring (bicyclic) bond motifs is 1. The van der Waals surface area contributed by atoms with Gasteiger partial charge in [-0.3, -0.25) is 9.59 Å². The maximum atomic E-state index is 12.3. The summed E-state index contributed by atoms with van der Waals surface area (Å²) in [5, 5.41) is 8.13. The van der Waals surface area contributed by atoms with E-state index in [1.165, 1.54) is 18.4 Å². The lowest BCUT2D eigenvalue weighted by Crippen LogP contribution is -3.03. The molecule has 0 radical (unpaired) electrons. The molecular weight excluding hydrogens is 290 g/mol. The average molecular weight is 316 g/mol. The number of nitrogens with one attached hydrogen (secondary N) is 2. The molecule has 0 bridgehead atoms. The van der Waals surface area contributed by atoms with Crippen molar-refractivity contribution in [1.29, 1.82) is 0 Å². The van der Waals surface area contributed by atoms with Crippen molar-refractivity contribution in [2.45, 2.75) is 64.1 Å². The van der Waals surface area contributed by atoms with Crippen molar-refractivity contribution in [3.05, 3.63) is 29.3 Å². The van der Waals surface area contributed by atoms with Gasteiger partial charge in [0, 0.05) is 12.1 Å². The van der Waals surface area contributed by atoms with Crippen molar-refractivity contribution in [3.63, 3.8) is 0 Å². The molecule has 23 heavy (non-hydrogen) atoms. The first-order valence-electron chi connectivity index (χ1n) is 8.55. The Kier molecular flexibility index (Phi) is 4.66. The molecular formula is C18H26N3O2+. The highest BCUT2D eigenvalue weighted by atomic mass is 16.2. The Labute approximate surface area is 137 Å². The number of rotatable bonds is 3. The van der Waals surface area contributed by atoms with Gasteiger partial charge >= 0.3 is 0 Å². The summed E-state index contributed by atoms with van der Waals surface area (Å²) in [6, 6.07) is 6.28. The zero-order valence-corrected chi connectivity index (χ0v) is 13.9. The topological polar surface area (TPSA) is 74.8 Å². The van der Waals surface area contributed by atoms with Crippen molar-refractivity contribution >= 4 is 17.5 Å². The number of quaternary nitrogens is 1. The van der Waals surface area contributed by atoms with Crippen LogP contribution >= 0.6 is 0 Å². The van der Waals surface area contributed by atoms with Crippen molar-refractivity contribution in [2.75, 3.05) is 5.32 Å². The Morgan fingerprint density at radius 3 is 2.83 bits per heavy atom. The number of carbonyl (C=O) groups excluding carboxylic acids is 2. The van der Waals surface area contributed by atoms with Gasteiger partial charge < -0.3 is 16.0 Å². The van der Waals surface area contributed by atoms with Crippen LogP contribution in [0.25, 0.3) is 0 Å². The van der Waals surface area contributed by atoms with E-state index in [-0.39, 0.29) is 30.3 Å². The first-order chi connectivity index (χ1) is 11.0. The van der Waals surface area contributed by atoms with E-state index in [4.69, 9.17) is 0 Å². The summed E-state index contributed by atoms with van der Waals surface area (Å²) in [5.74, 6) is -0.0951. The highest BCUT2D eigenvalue weighted by molar-refractivity contribution is 5.95. The summed E-state index contributed by atoms with van der Waals surface area (Å²) < 4.78 is 0. The number of piperazine rings is 1. The maximum Gasteiger partial charge on any atom is 0.279 e. The molecule has 1 saturated heterocycles. The van der Waals surface area contributed by atoms with E-state index in [1.54, 1.807) is 0 Å². The van der Waals surface area contributed by atoms with Gasteiger partial charge in [0.1, 0.15) is 6.04 Å². The lowest BCUT2D eigenvalue weighted by atomic mass is 9.87.